The summed E-state index contributed by atoms with van der Waals surface area (Å²) < 4.78 is 23.2. The Bertz CT molecular complexity index is 895. The summed E-state index contributed by atoms with van der Waals surface area (Å²) >= 11 is 0. The Morgan fingerprint density at radius 3 is 2.57 bits per heavy atom. The van der Waals surface area contributed by atoms with E-state index in [4.69, 9.17) is 0 Å². The summed E-state index contributed by atoms with van der Waals surface area (Å²) in [6.45, 7) is 2.23. The number of anilines is 2. The molecule has 8 heteroatoms. The van der Waals surface area contributed by atoms with Gasteiger partial charge in [0, 0.05) is 30.8 Å². The molecular formula is C15H16N4O3S. The van der Waals surface area contributed by atoms with Crippen LogP contribution in [-0.4, -0.2) is 37.7 Å². The van der Waals surface area contributed by atoms with Crippen LogP contribution in [0.25, 0.3) is 0 Å². The van der Waals surface area contributed by atoms with Gasteiger partial charge in [-0.2, -0.15) is 0 Å². The van der Waals surface area contributed by atoms with Crippen LogP contribution in [0.2, 0.25) is 0 Å². The van der Waals surface area contributed by atoms with E-state index in [1.165, 1.54) is 11.1 Å². The zero-order chi connectivity index (χ0) is 16.8. The molecule has 2 aromatic rings. The SMILES string of the molecule is Cc1ccccc1N1Cc2cnc(S(C)(=O)=O)nc2N(C)C1=O. The maximum Gasteiger partial charge on any atom is 0.330 e. The second-order valence-corrected chi connectivity index (χ2v) is 7.40. The fraction of sp³-hybridized carbons (Fsp3) is 0.267. The molecule has 120 valence electrons. The molecule has 0 radical (unpaired) electrons. The highest BCUT2D eigenvalue weighted by molar-refractivity contribution is 7.90. The van der Waals surface area contributed by atoms with E-state index >= 15 is 0 Å². The van der Waals surface area contributed by atoms with Gasteiger partial charge in [-0.25, -0.2) is 23.2 Å². The van der Waals surface area contributed by atoms with Crippen molar-refractivity contribution in [1.29, 1.82) is 0 Å². The zero-order valence-corrected chi connectivity index (χ0v) is 13.8. The average molecular weight is 332 g/mol. The molecule has 2 heterocycles. The largest absolute Gasteiger partial charge is 0.330 e. The lowest BCUT2D eigenvalue weighted by molar-refractivity contribution is 0.251. The predicted molar refractivity (Wildman–Crippen MR) is 86.3 cm³/mol. The number of para-hydroxylation sites is 1. The molecule has 3 rings (SSSR count). The van der Waals surface area contributed by atoms with Crippen LogP contribution in [0.3, 0.4) is 0 Å². The van der Waals surface area contributed by atoms with Crippen molar-refractivity contribution in [1.82, 2.24) is 9.97 Å². The van der Waals surface area contributed by atoms with Gasteiger partial charge in [0.05, 0.1) is 6.54 Å². The Morgan fingerprint density at radius 2 is 1.91 bits per heavy atom. The smallest absolute Gasteiger partial charge is 0.289 e. The van der Waals surface area contributed by atoms with Crippen LogP contribution < -0.4 is 9.80 Å². The maximum absolute atomic E-state index is 12.6. The number of aromatic nitrogens is 2. The van der Waals surface area contributed by atoms with Crippen molar-refractivity contribution in [3.05, 3.63) is 41.6 Å². The molecule has 0 saturated heterocycles. The Hall–Kier alpha value is -2.48. The topological polar surface area (TPSA) is 83.5 Å². The third-order valence-corrected chi connectivity index (χ3v) is 4.58. The van der Waals surface area contributed by atoms with Gasteiger partial charge in [0.25, 0.3) is 0 Å². The maximum atomic E-state index is 12.6. The summed E-state index contributed by atoms with van der Waals surface area (Å²) in [5.41, 5.74) is 2.48. The molecule has 23 heavy (non-hydrogen) atoms. The molecule has 2 amide bonds. The van der Waals surface area contributed by atoms with Gasteiger partial charge in [0.2, 0.25) is 15.0 Å². The fourth-order valence-corrected chi connectivity index (χ4v) is 3.02. The normalized spacial score (nSPS) is 14.8. The fourth-order valence-electron chi connectivity index (χ4n) is 2.53. The van der Waals surface area contributed by atoms with E-state index in [9.17, 15) is 13.2 Å². The van der Waals surface area contributed by atoms with Crippen molar-refractivity contribution in [3.8, 4) is 0 Å². The first-order valence-electron chi connectivity index (χ1n) is 6.96. The number of carbonyl (C=O) groups excluding carboxylic acids is 1. The molecule has 0 unspecified atom stereocenters. The molecule has 0 aliphatic carbocycles. The summed E-state index contributed by atoms with van der Waals surface area (Å²) in [7, 11) is -1.95. The van der Waals surface area contributed by atoms with Crippen LogP contribution in [0.15, 0.2) is 35.6 Å². The van der Waals surface area contributed by atoms with Gasteiger partial charge in [-0.1, -0.05) is 18.2 Å². The lowest BCUT2D eigenvalue weighted by Crippen LogP contribution is -2.46. The molecule has 0 spiro atoms. The van der Waals surface area contributed by atoms with Gasteiger partial charge in [-0.15, -0.1) is 0 Å². The van der Waals surface area contributed by atoms with Gasteiger partial charge in [0.15, 0.2) is 0 Å². The molecule has 0 atom stereocenters. The van der Waals surface area contributed by atoms with Crippen LogP contribution in [0.4, 0.5) is 16.3 Å². The van der Waals surface area contributed by atoms with Gasteiger partial charge < -0.3 is 0 Å². The van der Waals surface area contributed by atoms with Crippen LogP contribution in [0.1, 0.15) is 11.1 Å². The van der Waals surface area contributed by atoms with E-state index in [2.05, 4.69) is 9.97 Å². The molecule has 0 fully saturated rings. The lowest BCUT2D eigenvalue weighted by atomic mass is 10.1. The van der Waals surface area contributed by atoms with Gasteiger partial charge >= 0.3 is 6.03 Å². The number of fused-ring (bicyclic) bond motifs is 1. The van der Waals surface area contributed by atoms with E-state index in [1.807, 2.05) is 31.2 Å². The molecule has 0 N–H and O–H groups in total. The molecule has 7 nitrogen and oxygen atoms in total. The number of nitrogens with zero attached hydrogens (tertiary/aromatic N) is 4. The van der Waals surface area contributed by atoms with Crippen LogP contribution in [0.5, 0.6) is 0 Å². The van der Waals surface area contributed by atoms with Gasteiger partial charge in [-0.3, -0.25) is 9.80 Å². The minimum absolute atomic E-state index is 0.259. The molecule has 1 aromatic carbocycles. The standard InChI is InChI=1S/C15H16N4O3S/c1-10-6-4-5-7-12(10)19-9-11-8-16-14(23(3,21)22)17-13(11)18(2)15(19)20/h4-8H,9H2,1-3H3. The van der Waals surface area contributed by atoms with Crippen LogP contribution >= 0.6 is 0 Å². The molecule has 1 aliphatic rings. The second kappa shape index (κ2) is 5.31. The van der Waals surface area contributed by atoms with Crippen molar-refractivity contribution in [2.75, 3.05) is 23.1 Å². The number of aryl methyl sites for hydroxylation is 1. The Kier molecular flexibility index (Phi) is 3.56. The first-order valence-corrected chi connectivity index (χ1v) is 8.85. The number of rotatable bonds is 2. The highest BCUT2D eigenvalue weighted by Gasteiger charge is 2.32. The first-order chi connectivity index (χ1) is 10.8. The molecule has 0 saturated carbocycles. The van der Waals surface area contributed by atoms with Crippen molar-refractivity contribution >= 4 is 27.4 Å². The number of urea groups is 1. The van der Waals surface area contributed by atoms with Crippen LogP contribution in [0, 0.1) is 6.92 Å². The highest BCUT2D eigenvalue weighted by Crippen LogP contribution is 2.31. The predicted octanol–water partition coefficient (Wildman–Crippen LogP) is 1.76. The van der Waals surface area contributed by atoms with Crippen molar-refractivity contribution in [3.63, 3.8) is 0 Å². The van der Waals surface area contributed by atoms with E-state index in [-0.39, 0.29) is 11.2 Å². The summed E-state index contributed by atoms with van der Waals surface area (Å²) in [6.07, 6.45) is 2.51. The van der Waals surface area contributed by atoms with Crippen molar-refractivity contribution in [2.24, 2.45) is 0 Å². The third-order valence-electron chi connectivity index (χ3n) is 3.72. The van der Waals surface area contributed by atoms with E-state index in [1.54, 1.807) is 11.9 Å². The molecule has 1 aliphatic heterocycles. The lowest BCUT2D eigenvalue weighted by Gasteiger charge is -2.34. The minimum Gasteiger partial charge on any atom is -0.289 e. The first kappa shape index (κ1) is 15.4. The summed E-state index contributed by atoms with van der Waals surface area (Å²) in [4.78, 5) is 23.6. The average Bonchev–Trinajstić information content (AvgIpc) is 2.50. The number of hydrogen-bond acceptors (Lipinski definition) is 5. The minimum atomic E-state index is -3.52. The monoisotopic (exact) mass is 332 g/mol. The van der Waals surface area contributed by atoms with E-state index in [0.29, 0.717) is 17.9 Å². The summed E-state index contributed by atoms with van der Waals surface area (Å²) in [6, 6.07) is 7.32. The Morgan fingerprint density at radius 1 is 1.22 bits per heavy atom. The van der Waals surface area contributed by atoms with Gasteiger partial charge in [-0.05, 0) is 18.6 Å². The zero-order valence-electron chi connectivity index (χ0n) is 13.0. The van der Waals surface area contributed by atoms with E-state index in [0.717, 1.165) is 17.5 Å². The van der Waals surface area contributed by atoms with Crippen molar-refractivity contribution in [2.45, 2.75) is 18.6 Å². The molecule has 0 bridgehead atoms. The molecular weight excluding hydrogens is 316 g/mol. The number of hydrogen-bond donors (Lipinski definition) is 0. The molecule has 1 aromatic heterocycles. The third kappa shape index (κ3) is 2.65. The summed E-state index contributed by atoms with van der Waals surface area (Å²) in [5.74, 6) is 0.329. The Balaban J connectivity index is 2.08. The van der Waals surface area contributed by atoms with Crippen molar-refractivity contribution < 1.29 is 13.2 Å². The number of sulfone groups is 1. The van der Waals surface area contributed by atoms with Gasteiger partial charge in [0.1, 0.15) is 5.82 Å². The Labute approximate surface area is 134 Å². The number of benzene rings is 1. The summed E-state index contributed by atoms with van der Waals surface area (Å²) in [5, 5.41) is -0.278. The van der Waals surface area contributed by atoms with Crippen LogP contribution in [-0.2, 0) is 16.4 Å². The number of amides is 2. The highest BCUT2D eigenvalue weighted by atomic mass is 32.2. The second-order valence-electron chi connectivity index (χ2n) is 5.49. The van der Waals surface area contributed by atoms with E-state index < -0.39 is 9.84 Å². The number of carbonyl (C=O) groups is 1. The quantitative estimate of drug-likeness (QED) is 0.783.